The van der Waals surface area contributed by atoms with Gasteiger partial charge in [-0.3, -0.25) is 14.5 Å². The number of carbonyl (C=O) groups is 2. The summed E-state index contributed by atoms with van der Waals surface area (Å²) in [5, 5.41) is 0. The van der Waals surface area contributed by atoms with Crippen molar-refractivity contribution in [3.05, 3.63) is 35.9 Å². The second-order valence-electron chi connectivity index (χ2n) is 7.92. The maximum atomic E-state index is 13.0. The molecule has 0 spiro atoms. The molecule has 1 aromatic rings. The Morgan fingerprint density at radius 3 is 2.15 bits per heavy atom. The van der Waals surface area contributed by atoms with Crippen LogP contribution in [0, 0.1) is 35.5 Å². The molecule has 0 radical (unpaired) electrons. The molecule has 5 heteroatoms. The fourth-order valence-electron chi connectivity index (χ4n) is 5.52. The third kappa shape index (κ3) is 2.09. The van der Waals surface area contributed by atoms with Crippen molar-refractivity contribution in [1.82, 2.24) is 4.90 Å². The number of imide groups is 1. The molecule has 6 rings (SSSR count). The van der Waals surface area contributed by atoms with E-state index >= 15 is 0 Å². The minimum atomic E-state index is -0.105. The molecule has 5 nitrogen and oxygen atoms in total. The van der Waals surface area contributed by atoms with Crippen LogP contribution in [0.3, 0.4) is 0 Å². The van der Waals surface area contributed by atoms with E-state index in [0.717, 1.165) is 5.56 Å². The van der Waals surface area contributed by atoms with Crippen LogP contribution in [0.4, 0.5) is 0 Å². The van der Waals surface area contributed by atoms with Gasteiger partial charge in [-0.05, 0) is 54.2 Å². The van der Waals surface area contributed by atoms with Crippen LogP contribution in [0.15, 0.2) is 30.4 Å². The summed E-state index contributed by atoms with van der Waals surface area (Å²) in [5.74, 6) is 3.10. The molecule has 1 saturated heterocycles. The van der Waals surface area contributed by atoms with E-state index in [2.05, 4.69) is 12.2 Å². The molecule has 1 aromatic carbocycles. The third-order valence-corrected chi connectivity index (χ3v) is 6.83. The zero-order chi connectivity index (χ0) is 18.0. The van der Waals surface area contributed by atoms with Gasteiger partial charge < -0.3 is 9.47 Å². The summed E-state index contributed by atoms with van der Waals surface area (Å²) in [5.41, 5.74) is 1.03. The summed E-state index contributed by atoms with van der Waals surface area (Å²) in [7, 11) is 3.21. The number of hydrogen-bond donors (Lipinski definition) is 0. The summed E-state index contributed by atoms with van der Waals surface area (Å²) in [6.07, 6.45) is 6.25. The Morgan fingerprint density at radius 1 is 0.962 bits per heavy atom. The number of ether oxygens (including phenoxy) is 2. The summed E-state index contributed by atoms with van der Waals surface area (Å²) in [6.45, 7) is 0.439. The highest BCUT2D eigenvalue weighted by molar-refractivity contribution is 6.06. The van der Waals surface area contributed by atoms with E-state index in [1.807, 2.05) is 18.2 Å². The molecule has 2 bridgehead atoms. The van der Waals surface area contributed by atoms with Crippen molar-refractivity contribution >= 4 is 11.8 Å². The molecule has 1 aliphatic heterocycles. The van der Waals surface area contributed by atoms with Crippen LogP contribution in [0.1, 0.15) is 12.0 Å². The predicted molar refractivity (Wildman–Crippen MR) is 94.7 cm³/mol. The molecule has 1 heterocycles. The van der Waals surface area contributed by atoms with Gasteiger partial charge in [0.2, 0.25) is 11.8 Å². The molecule has 3 fully saturated rings. The second kappa shape index (κ2) is 5.60. The van der Waals surface area contributed by atoms with Gasteiger partial charge in [-0.15, -0.1) is 0 Å². The predicted octanol–water partition coefficient (Wildman–Crippen LogP) is 2.30. The topological polar surface area (TPSA) is 55.8 Å². The van der Waals surface area contributed by atoms with Crippen LogP contribution in [0.25, 0.3) is 0 Å². The highest BCUT2D eigenvalue weighted by Crippen LogP contribution is 2.65. The van der Waals surface area contributed by atoms with Crippen molar-refractivity contribution in [2.75, 3.05) is 20.8 Å². The highest BCUT2D eigenvalue weighted by Gasteiger charge is 2.66. The van der Waals surface area contributed by atoms with Gasteiger partial charge in [0.1, 0.15) is 0 Å². The SMILES string of the molecule is COc1ccc(CCN2C(=O)[C@@H]3[C@H]4C=C[C@@H]([C@@H]5C[C@@H]45)[C@@H]3C2=O)cc1OC. The molecule has 136 valence electrons. The maximum absolute atomic E-state index is 13.0. The number of carbonyl (C=O) groups excluding carboxylic acids is 2. The van der Waals surface area contributed by atoms with E-state index < -0.39 is 0 Å². The van der Waals surface area contributed by atoms with Gasteiger partial charge in [-0.2, -0.15) is 0 Å². The van der Waals surface area contributed by atoms with Gasteiger partial charge in [0, 0.05) is 6.54 Å². The van der Waals surface area contributed by atoms with Gasteiger partial charge in [0.15, 0.2) is 11.5 Å². The first-order valence-corrected chi connectivity index (χ1v) is 9.38. The van der Waals surface area contributed by atoms with Crippen LogP contribution in [-0.2, 0) is 16.0 Å². The van der Waals surface area contributed by atoms with E-state index in [1.165, 1.54) is 11.3 Å². The average molecular weight is 353 g/mol. The lowest BCUT2D eigenvalue weighted by Gasteiger charge is -2.37. The first-order chi connectivity index (χ1) is 12.6. The Morgan fingerprint density at radius 2 is 1.58 bits per heavy atom. The van der Waals surface area contributed by atoms with Crippen LogP contribution in [0.5, 0.6) is 11.5 Å². The molecular formula is C21H23NO4. The summed E-state index contributed by atoms with van der Waals surface area (Å²) < 4.78 is 10.6. The zero-order valence-corrected chi connectivity index (χ0v) is 15.1. The standard InChI is InChI=1S/C21H23NO4/c1-25-16-6-3-11(9-17(16)26-2)7-8-22-20(23)18-12-4-5-13(15-10-14(12)15)19(18)21(22)24/h3-6,9,12-15,18-19H,7-8,10H2,1-2H3/t12-,13-,14-,15-,18-,19+/m0/s1. The number of rotatable bonds is 5. The molecule has 2 saturated carbocycles. The maximum Gasteiger partial charge on any atom is 0.233 e. The largest absolute Gasteiger partial charge is 0.493 e. The van der Waals surface area contributed by atoms with Crippen molar-refractivity contribution < 1.29 is 19.1 Å². The summed E-state index contributed by atoms with van der Waals surface area (Å²) in [4.78, 5) is 27.5. The molecular weight excluding hydrogens is 330 g/mol. The fraction of sp³-hybridized carbons (Fsp3) is 0.524. The quantitative estimate of drug-likeness (QED) is 0.602. The molecule has 5 aliphatic rings. The smallest absolute Gasteiger partial charge is 0.233 e. The van der Waals surface area contributed by atoms with E-state index in [4.69, 9.17) is 9.47 Å². The van der Waals surface area contributed by atoms with Crippen LogP contribution in [0.2, 0.25) is 0 Å². The Labute approximate surface area is 153 Å². The molecule has 6 atom stereocenters. The average Bonchev–Trinajstić information content (AvgIpc) is 3.45. The minimum absolute atomic E-state index is 0.0465. The first kappa shape index (κ1) is 15.9. The van der Waals surface area contributed by atoms with Crippen LogP contribution in [-0.4, -0.2) is 37.5 Å². The van der Waals surface area contributed by atoms with Gasteiger partial charge in [-0.1, -0.05) is 18.2 Å². The van der Waals surface area contributed by atoms with Gasteiger partial charge in [-0.25, -0.2) is 0 Å². The molecule has 2 amide bonds. The Balaban J connectivity index is 1.33. The van der Waals surface area contributed by atoms with Crippen molar-refractivity contribution in [2.24, 2.45) is 35.5 Å². The molecule has 0 aromatic heterocycles. The highest BCUT2D eigenvalue weighted by atomic mass is 16.5. The molecule has 26 heavy (non-hydrogen) atoms. The number of nitrogens with zero attached hydrogens (tertiary/aromatic N) is 1. The number of methoxy groups -OCH3 is 2. The van der Waals surface area contributed by atoms with E-state index in [1.54, 1.807) is 14.2 Å². The molecule has 4 aliphatic carbocycles. The van der Waals surface area contributed by atoms with Crippen LogP contribution < -0.4 is 9.47 Å². The Bertz CT molecular complexity index is 780. The third-order valence-electron chi connectivity index (χ3n) is 6.83. The minimum Gasteiger partial charge on any atom is -0.493 e. The van der Waals surface area contributed by atoms with Crippen LogP contribution >= 0.6 is 0 Å². The molecule has 0 N–H and O–H groups in total. The van der Waals surface area contributed by atoms with E-state index in [0.29, 0.717) is 36.3 Å². The lowest BCUT2D eigenvalue weighted by Crippen LogP contribution is -2.40. The fourth-order valence-corrected chi connectivity index (χ4v) is 5.52. The second-order valence-corrected chi connectivity index (χ2v) is 7.92. The van der Waals surface area contributed by atoms with Crippen molar-refractivity contribution in [1.29, 1.82) is 0 Å². The number of hydrogen-bond acceptors (Lipinski definition) is 4. The monoisotopic (exact) mass is 353 g/mol. The number of allylic oxidation sites excluding steroid dienone is 2. The number of amides is 2. The van der Waals surface area contributed by atoms with Crippen molar-refractivity contribution in [3.8, 4) is 11.5 Å². The summed E-state index contributed by atoms with van der Waals surface area (Å²) >= 11 is 0. The summed E-state index contributed by atoms with van der Waals surface area (Å²) in [6, 6.07) is 5.73. The van der Waals surface area contributed by atoms with Gasteiger partial charge >= 0.3 is 0 Å². The van der Waals surface area contributed by atoms with E-state index in [-0.39, 0.29) is 35.5 Å². The van der Waals surface area contributed by atoms with Crippen molar-refractivity contribution in [3.63, 3.8) is 0 Å². The van der Waals surface area contributed by atoms with Gasteiger partial charge in [0.05, 0.1) is 26.1 Å². The number of likely N-dealkylation sites (tertiary alicyclic amines) is 1. The van der Waals surface area contributed by atoms with Crippen molar-refractivity contribution in [2.45, 2.75) is 12.8 Å². The Kier molecular flexibility index (Phi) is 3.43. The van der Waals surface area contributed by atoms with E-state index in [9.17, 15) is 9.59 Å². The zero-order valence-electron chi connectivity index (χ0n) is 15.1. The lowest BCUT2D eigenvalue weighted by atomic mass is 9.63. The first-order valence-electron chi connectivity index (χ1n) is 9.38. The molecule has 0 unspecified atom stereocenters. The van der Waals surface area contributed by atoms with Gasteiger partial charge in [0.25, 0.3) is 0 Å². The lowest BCUT2D eigenvalue weighted by molar-refractivity contribution is -0.140. The number of benzene rings is 1. The Hall–Kier alpha value is -2.30. The normalized spacial score (nSPS) is 36.2.